The summed E-state index contributed by atoms with van der Waals surface area (Å²) in [5, 5.41) is 7.45. The van der Waals surface area contributed by atoms with Crippen molar-refractivity contribution >= 4 is 79.0 Å². The molecule has 1 amide bonds. The first-order valence-electron chi connectivity index (χ1n) is 12.9. The summed E-state index contributed by atoms with van der Waals surface area (Å²) in [4.78, 5) is 18.2. The van der Waals surface area contributed by atoms with Crippen LogP contribution < -0.4 is 10.2 Å². The van der Waals surface area contributed by atoms with E-state index in [0.717, 1.165) is 51.6 Å². The van der Waals surface area contributed by atoms with Gasteiger partial charge in [-0.25, -0.2) is 10.4 Å². The Bertz CT molecular complexity index is 1920. The number of hydrazone groups is 1. The number of para-hydroxylation sites is 1. The van der Waals surface area contributed by atoms with Gasteiger partial charge in [-0.1, -0.05) is 91.0 Å². The maximum atomic E-state index is 13.4. The second-order valence-corrected chi connectivity index (χ2v) is 11.8. The largest absolute Gasteiger partial charge is 0.487 e. The zero-order valence-electron chi connectivity index (χ0n) is 21.7. The van der Waals surface area contributed by atoms with E-state index in [2.05, 4.69) is 86.0 Å². The molecule has 0 atom stereocenters. The van der Waals surface area contributed by atoms with Crippen LogP contribution >= 0.6 is 45.2 Å². The molecule has 0 bridgehead atoms. The summed E-state index contributed by atoms with van der Waals surface area (Å²) in [6.45, 7) is 0.413. The maximum absolute atomic E-state index is 13.4. The van der Waals surface area contributed by atoms with Crippen LogP contribution in [0.2, 0.25) is 0 Å². The van der Waals surface area contributed by atoms with Crippen LogP contribution in [0, 0.1) is 7.14 Å². The van der Waals surface area contributed by atoms with E-state index >= 15 is 0 Å². The van der Waals surface area contributed by atoms with E-state index in [1.165, 1.54) is 5.39 Å². The smallest absolute Gasteiger partial charge is 0.272 e. The van der Waals surface area contributed by atoms with Gasteiger partial charge in [-0.2, -0.15) is 5.10 Å². The number of nitrogens with one attached hydrogen (secondary N) is 1. The van der Waals surface area contributed by atoms with Gasteiger partial charge in [-0.05, 0) is 85.8 Å². The molecular weight excluding hydrogens is 736 g/mol. The fraction of sp³-hybridized carbons (Fsp3) is 0.0294. The lowest BCUT2D eigenvalue weighted by Crippen LogP contribution is -2.18. The van der Waals surface area contributed by atoms with Crippen LogP contribution in [0.3, 0.4) is 0 Å². The van der Waals surface area contributed by atoms with Gasteiger partial charge >= 0.3 is 0 Å². The van der Waals surface area contributed by atoms with Gasteiger partial charge in [-0.3, -0.25) is 4.79 Å². The lowest BCUT2D eigenvalue weighted by atomic mass is 10.0. The van der Waals surface area contributed by atoms with Gasteiger partial charge in [0.2, 0.25) is 0 Å². The number of aromatic nitrogens is 1. The van der Waals surface area contributed by atoms with E-state index in [1.807, 2.05) is 84.9 Å². The summed E-state index contributed by atoms with van der Waals surface area (Å²) in [6.07, 6.45) is 1.64. The molecule has 200 valence electrons. The van der Waals surface area contributed by atoms with Gasteiger partial charge in [0.05, 0.1) is 26.6 Å². The molecular formula is C34H23I2N3O2. The van der Waals surface area contributed by atoms with Crippen LogP contribution in [0.4, 0.5) is 0 Å². The van der Waals surface area contributed by atoms with E-state index in [0.29, 0.717) is 12.2 Å². The molecule has 0 unspecified atom stereocenters. The number of carbonyl (C=O) groups is 1. The number of ether oxygens (including phenoxy) is 1. The maximum Gasteiger partial charge on any atom is 0.272 e. The standard InChI is InChI=1S/C34H23I2N3O2/c35-26-17-25(33(30(36)18-26)41-21-24-13-8-12-22-9-4-5-14-27(22)24)20-37-39-34(40)29-19-32(23-10-2-1-3-11-23)38-31-16-7-6-15-28(29)31/h1-20H,21H2,(H,39,40)/b37-20-. The van der Waals surface area contributed by atoms with Crippen LogP contribution in [0.5, 0.6) is 5.75 Å². The number of amides is 1. The van der Waals surface area contributed by atoms with Crippen LogP contribution in [0.25, 0.3) is 32.9 Å². The zero-order valence-corrected chi connectivity index (χ0v) is 26.0. The van der Waals surface area contributed by atoms with E-state index < -0.39 is 0 Å². The Labute approximate surface area is 264 Å². The molecule has 0 saturated heterocycles. The Kier molecular flexibility index (Phi) is 8.24. The number of carbonyl (C=O) groups excluding carboxylic acids is 1. The van der Waals surface area contributed by atoms with Crippen LogP contribution in [-0.4, -0.2) is 17.1 Å². The van der Waals surface area contributed by atoms with Gasteiger partial charge in [0.15, 0.2) is 0 Å². The normalized spacial score (nSPS) is 11.3. The van der Waals surface area contributed by atoms with Crippen molar-refractivity contribution in [2.45, 2.75) is 6.61 Å². The number of pyridine rings is 1. The third-order valence-electron chi connectivity index (χ3n) is 6.69. The minimum atomic E-state index is -0.310. The lowest BCUT2D eigenvalue weighted by Gasteiger charge is -2.13. The molecule has 5 nitrogen and oxygen atoms in total. The van der Waals surface area contributed by atoms with Crippen LogP contribution in [0.1, 0.15) is 21.5 Å². The molecule has 0 radical (unpaired) electrons. The molecule has 6 aromatic rings. The van der Waals surface area contributed by atoms with Crippen LogP contribution in [0.15, 0.2) is 120 Å². The summed E-state index contributed by atoms with van der Waals surface area (Å²) in [6, 6.07) is 37.8. The third kappa shape index (κ3) is 6.11. The molecule has 1 aromatic heterocycles. The van der Waals surface area contributed by atoms with Gasteiger partial charge < -0.3 is 4.74 Å². The van der Waals surface area contributed by atoms with Crippen LogP contribution in [-0.2, 0) is 6.61 Å². The second kappa shape index (κ2) is 12.4. The lowest BCUT2D eigenvalue weighted by molar-refractivity contribution is 0.0956. The first-order valence-corrected chi connectivity index (χ1v) is 15.1. The molecule has 0 aliphatic carbocycles. The molecule has 6 rings (SSSR count). The number of hydrogen-bond donors (Lipinski definition) is 1. The highest BCUT2D eigenvalue weighted by Crippen LogP contribution is 2.30. The minimum absolute atomic E-state index is 0.310. The fourth-order valence-corrected chi connectivity index (χ4v) is 6.78. The summed E-state index contributed by atoms with van der Waals surface area (Å²) in [5.74, 6) is 0.410. The van der Waals surface area contributed by atoms with E-state index in [1.54, 1.807) is 6.21 Å². The first-order chi connectivity index (χ1) is 20.1. The van der Waals surface area contributed by atoms with Crippen molar-refractivity contribution in [3.63, 3.8) is 0 Å². The average molecular weight is 759 g/mol. The van der Waals surface area contributed by atoms with Crippen molar-refractivity contribution in [3.05, 3.63) is 139 Å². The van der Waals surface area contributed by atoms with Gasteiger partial charge in [0.1, 0.15) is 12.4 Å². The quantitative estimate of drug-likeness (QED) is 0.101. The Hall–Kier alpha value is -3.83. The Morgan fingerprint density at radius 3 is 2.41 bits per heavy atom. The highest BCUT2D eigenvalue weighted by Gasteiger charge is 2.14. The van der Waals surface area contributed by atoms with Crippen molar-refractivity contribution in [2.75, 3.05) is 0 Å². The zero-order chi connectivity index (χ0) is 28.2. The molecule has 7 heteroatoms. The molecule has 0 fully saturated rings. The SMILES string of the molecule is O=C(N/N=C\c1cc(I)cc(I)c1OCc1cccc2ccccc12)c1cc(-c2ccccc2)nc2ccccc12. The molecule has 1 N–H and O–H groups in total. The van der Waals surface area contributed by atoms with Crippen molar-refractivity contribution in [2.24, 2.45) is 5.10 Å². The first kappa shape index (κ1) is 27.3. The van der Waals surface area contributed by atoms with Crippen molar-refractivity contribution in [3.8, 4) is 17.0 Å². The van der Waals surface area contributed by atoms with E-state index in [4.69, 9.17) is 9.72 Å². The number of hydrogen-bond acceptors (Lipinski definition) is 4. The monoisotopic (exact) mass is 759 g/mol. The minimum Gasteiger partial charge on any atom is -0.487 e. The highest BCUT2D eigenvalue weighted by atomic mass is 127. The fourth-order valence-electron chi connectivity index (χ4n) is 4.74. The van der Waals surface area contributed by atoms with E-state index in [-0.39, 0.29) is 5.91 Å². The van der Waals surface area contributed by atoms with Crippen molar-refractivity contribution < 1.29 is 9.53 Å². The van der Waals surface area contributed by atoms with Crippen molar-refractivity contribution in [1.82, 2.24) is 10.4 Å². The van der Waals surface area contributed by atoms with Crippen molar-refractivity contribution in [1.29, 1.82) is 0 Å². The summed E-state index contributed by atoms with van der Waals surface area (Å²) in [5.41, 5.74) is 7.55. The number of halogens is 2. The number of rotatable bonds is 7. The second-order valence-electron chi connectivity index (χ2n) is 9.37. The highest BCUT2D eigenvalue weighted by molar-refractivity contribution is 14.1. The van der Waals surface area contributed by atoms with E-state index in [9.17, 15) is 4.79 Å². The predicted molar refractivity (Wildman–Crippen MR) is 182 cm³/mol. The Balaban J connectivity index is 1.27. The average Bonchev–Trinajstić information content (AvgIpc) is 3.00. The number of benzene rings is 5. The molecule has 0 spiro atoms. The molecule has 5 aromatic carbocycles. The van der Waals surface area contributed by atoms with Gasteiger partial charge in [0, 0.05) is 20.1 Å². The molecule has 0 aliphatic rings. The molecule has 0 aliphatic heterocycles. The van der Waals surface area contributed by atoms with Gasteiger partial charge in [0.25, 0.3) is 5.91 Å². The topological polar surface area (TPSA) is 63.6 Å². The molecule has 41 heavy (non-hydrogen) atoms. The Morgan fingerprint density at radius 2 is 1.56 bits per heavy atom. The Morgan fingerprint density at radius 1 is 0.829 bits per heavy atom. The summed E-state index contributed by atoms with van der Waals surface area (Å²) < 4.78 is 8.37. The molecule has 0 saturated carbocycles. The summed E-state index contributed by atoms with van der Waals surface area (Å²) in [7, 11) is 0. The third-order valence-corrected chi connectivity index (χ3v) is 8.11. The summed E-state index contributed by atoms with van der Waals surface area (Å²) >= 11 is 4.56. The predicted octanol–water partition coefficient (Wildman–Crippen LogP) is 8.61. The number of nitrogens with zero attached hydrogens (tertiary/aromatic N) is 2. The molecule has 1 heterocycles. The number of fused-ring (bicyclic) bond motifs is 2. The van der Waals surface area contributed by atoms with Gasteiger partial charge in [-0.15, -0.1) is 0 Å².